The molecular weight excluding hydrogens is 701 g/mol. The molecule has 3 heteroatoms. The van der Waals surface area contributed by atoms with Gasteiger partial charge in [0.25, 0.3) is 0 Å². The van der Waals surface area contributed by atoms with E-state index in [-0.39, 0.29) is 30.9 Å². The maximum atomic E-state index is 4.63. The molecular formula is C40H40IrN2-2. The van der Waals surface area contributed by atoms with Gasteiger partial charge in [-0.25, -0.2) is 0 Å². The maximum absolute atomic E-state index is 4.63. The summed E-state index contributed by atoms with van der Waals surface area (Å²) in [7, 11) is 0. The quantitative estimate of drug-likeness (QED) is 0.131. The molecule has 2 aromatic heterocycles. The van der Waals surface area contributed by atoms with Crippen LogP contribution in [0.4, 0.5) is 0 Å². The van der Waals surface area contributed by atoms with Gasteiger partial charge >= 0.3 is 0 Å². The summed E-state index contributed by atoms with van der Waals surface area (Å²) in [4.78, 5) is 8.93. The maximum Gasteiger partial charge on any atom is 0.0163 e. The summed E-state index contributed by atoms with van der Waals surface area (Å²) >= 11 is 0. The van der Waals surface area contributed by atoms with E-state index in [0.29, 0.717) is 0 Å². The van der Waals surface area contributed by atoms with Gasteiger partial charge in [0.1, 0.15) is 0 Å². The van der Waals surface area contributed by atoms with Crippen molar-refractivity contribution in [1.82, 2.24) is 9.97 Å². The first-order valence-corrected chi connectivity index (χ1v) is 14.7. The Kier molecular flexibility index (Phi) is 9.69. The predicted octanol–water partition coefficient (Wildman–Crippen LogP) is 10.6. The van der Waals surface area contributed by atoms with Crippen molar-refractivity contribution in [3.63, 3.8) is 0 Å². The van der Waals surface area contributed by atoms with Gasteiger partial charge in [-0.05, 0) is 56.2 Å². The molecule has 0 saturated heterocycles. The van der Waals surface area contributed by atoms with Crippen LogP contribution in [0, 0.1) is 26.0 Å². The van der Waals surface area contributed by atoms with Crippen LogP contribution in [0.1, 0.15) is 63.8 Å². The number of rotatable bonds is 2. The minimum Gasteiger partial charge on any atom is -0.305 e. The molecule has 0 saturated carbocycles. The van der Waals surface area contributed by atoms with Crippen LogP contribution in [0.25, 0.3) is 44.1 Å². The molecule has 1 radical (unpaired) electrons. The largest absolute Gasteiger partial charge is 0.305 e. The number of aromatic nitrogens is 2. The van der Waals surface area contributed by atoms with Gasteiger partial charge in [0, 0.05) is 32.5 Å². The normalized spacial score (nSPS) is 11.5. The van der Waals surface area contributed by atoms with Crippen molar-refractivity contribution < 1.29 is 20.1 Å². The third-order valence-electron chi connectivity index (χ3n) is 7.74. The smallest absolute Gasteiger partial charge is 0.0163 e. The van der Waals surface area contributed by atoms with Crippen LogP contribution < -0.4 is 0 Å². The van der Waals surface area contributed by atoms with Crippen molar-refractivity contribution >= 4 is 21.5 Å². The molecule has 0 spiro atoms. The summed E-state index contributed by atoms with van der Waals surface area (Å²) < 4.78 is 0. The molecule has 0 aliphatic carbocycles. The molecule has 0 fully saturated rings. The summed E-state index contributed by atoms with van der Waals surface area (Å²) in [6.07, 6.45) is 3.72. The van der Waals surface area contributed by atoms with Gasteiger partial charge in [-0.3, -0.25) is 0 Å². The van der Waals surface area contributed by atoms with Gasteiger partial charge in [0.15, 0.2) is 0 Å². The Balaban J connectivity index is 0.000000238. The van der Waals surface area contributed by atoms with E-state index in [2.05, 4.69) is 138 Å². The molecule has 0 aliphatic rings. The monoisotopic (exact) mass is 741 g/mol. The average molecular weight is 741 g/mol. The molecule has 6 rings (SSSR count). The molecule has 2 nitrogen and oxygen atoms in total. The Hall–Kier alpha value is -3.65. The molecule has 0 aliphatic heterocycles. The molecule has 0 atom stereocenters. The zero-order chi connectivity index (χ0) is 30.1. The fourth-order valence-electron chi connectivity index (χ4n) is 5.20. The first-order valence-electron chi connectivity index (χ1n) is 14.7. The van der Waals surface area contributed by atoms with E-state index >= 15 is 0 Å². The van der Waals surface area contributed by atoms with E-state index in [9.17, 15) is 0 Å². The summed E-state index contributed by atoms with van der Waals surface area (Å²) in [6.45, 7) is 17.6. The van der Waals surface area contributed by atoms with Crippen molar-refractivity contribution in [2.24, 2.45) is 0 Å². The average Bonchev–Trinajstić information content (AvgIpc) is 2.96. The summed E-state index contributed by atoms with van der Waals surface area (Å²) in [5.41, 5.74) is 9.48. The van der Waals surface area contributed by atoms with Crippen molar-refractivity contribution in [3.8, 4) is 22.5 Å². The van der Waals surface area contributed by atoms with E-state index in [1.165, 1.54) is 43.8 Å². The number of aryl methyl sites for hydroxylation is 2. The van der Waals surface area contributed by atoms with E-state index in [1.54, 1.807) is 0 Å². The van der Waals surface area contributed by atoms with E-state index in [4.69, 9.17) is 0 Å². The summed E-state index contributed by atoms with van der Waals surface area (Å²) in [5, 5.41) is 5.04. The van der Waals surface area contributed by atoms with Crippen LogP contribution in [-0.4, -0.2) is 9.97 Å². The van der Waals surface area contributed by atoms with Crippen LogP contribution in [0.15, 0.2) is 97.3 Å². The Morgan fingerprint density at radius 3 is 1.95 bits per heavy atom. The standard InChI is InChI=1S/C27H28N.C13H12N.Ir/c1-26(2,3)21-11-12-23-19(15-21)9-7-18-8-10-20(16-24(18)23)25-17-22(13-14-28-25)27(4,5)6;1-10-6-7-12(11(2)9-10)13-5-3-4-8-14-13;/h7-9,11-17H,1-6H3;3-6,8-9H,1-2H3;/q2*-1;. The van der Waals surface area contributed by atoms with Crippen LogP contribution in [0.5, 0.6) is 0 Å². The van der Waals surface area contributed by atoms with Crippen LogP contribution in [-0.2, 0) is 30.9 Å². The van der Waals surface area contributed by atoms with E-state index in [1.807, 2.05) is 36.7 Å². The topological polar surface area (TPSA) is 25.8 Å². The number of pyridine rings is 2. The minimum absolute atomic E-state index is 0. The van der Waals surface area contributed by atoms with Gasteiger partial charge in [0.2, 0.25) is 0 Å². The molecule has 0 N–H and O–H groups in total. The Labute approximate surface area is 271 Å². The van der Waals surface area contributed by atoms with Crippen molar-refractivity contribution in [2.75, 3.05) is 0 Å². The van der Waals surface area contributed by atoms with Crippen molar-refractivity contribution in [3.05, 3.63) is 132 Å². The van der Waals surface area contributed by atoms with Crippen LogP contribution >= 0.6 is 0 Å². The van der Waals surface area contributed by atoms with Gasteiger partial charge in [-0.15, -0.1) is 58.7 Å². The zero-order valence-electron chi connectivity index (χ0n) is 26.5. The molecule has 221 valence electrons. The number of benzene rings is 4. The second-order valence-electron chi connectivity index (χ2n) is 13.2. The summed E-state index contributed by atoms with van der Waals surface area (Å²) in [6, 6.07) is 36.7. The second kappa shape index (κ2) is 12.9. The van der Waals surface area contributed by atoms with Crippen molar-refractivity contribution in [1.29, 1.82) is 0 Å². The Morgan fingerprint density at radius 1 is 0.581 bits per heavy atom. The fraction of sp³-hybridized carbons (Fsp3) is 0.250. The van der Waals surface area contributed by atoms with Crippen LogP contribution in [0.3, 0.4) is 0 Å². The zero-order valence-corrected chi connectivity index (χ0v) is 28.9. The molecule has 0 unspecified atom stereocenters. The van der Waals surface area contributed by atoms with E-state index in [0.717, 1.165) is 22.5 Å². The number of hydrogen-bond donors (Lipinski definition) is 0. The number of nitrogens with zero attached hydrogens (tertiary/aromatic N) is 2. The van der Waals surface area contributed by atoms with Crippen molar-refractivity contribution in [2.45, 2.75) is 66.2 Å². The van der Waals surface area contributed by atoms with Crippen LogP contribution in [0.2, 0.25) is 0 Å². The van der Waals surface area contributed by atoms with Gasteiger partial charge in [-0.2, -0.15) is 0 Å². The van der Waals surface area contributed by atoms with Gasteiger partial charge in [-0.1, -0.05) is 115 Å². The molecule has 0 bridgehead atoms. The van der Waals surface area contributed by atoms with E-state index < -0.39 is 0 Å². The van der Waals surface area contributed by atoms with Gasteiger partial charge < -0.3 is 9.97 Å². The number of hydrogen-bond acceptors (Lipinski definition) is 2. The number of fused-ring (bicyclic) bond motifs is 3. The third kappa shape index (κ3) is 7.47. The predicted molar refractivity (Wildman–Crippen MR) is 179 cm³/mol. The minimum atomic E-state index is 0. The summed E-state index contributed by atoms with van der Waals surface area (Å²) in [5.74, 6) is 0. The van der Waals surface area contributed by atoms with Gasteiger partial charge in [0.05, 0.1) is 0 Å². The Morgan fingerprint density at radius 2 is 1.28 bits per heavy atom. The molecule has 6 aromatic rings. The first-order chi connectivity index (χ1) is 19.9. The fourth-order valence-corrected chi connectivity index (χ4v) is 5.20. The third-order valence-corrected chi connectivity index (χ3v) is 7.74. The first kappa shape index (κ1) is 32.3. The molecule has 4 aromatic carbocycles. The molecule has 43 heavy (non-hydrogen) atoms. The Bertz CT molecular complexity index is 1860. The molecule has 0 amide bonds. The molecule has 2 heterocycles. The second-order valence-corrected chi connectivity index (χ2v) is 13.2. The SMILES string of the molecule is CC(C)(C)c1ccnc(-c2[c-]cc3ccc4cc(C(C)(C)C)ccc4c3c2)c1.Cc1c[c-]c(-c2ccccn2)c(C)c1.[Ir].